The number of hydrogen-bond acceptors (Lipinski definition) is 3. The Hall–Kier alpha value is -1.89. The molecule has 0 aliphatic rings. The molecular formula is C33H62NO6+. The fraction of sp³-hybridized carbons (Fsp3) is 0.848. The second-order valence-electron chi connectivity index (χ2n) is 12.3. The van der Waals surface area contributed by atoms with Crippen LogP contribution < -0.4 is 0 Å². The number of nitrogens with zero attached hydrogens (tertiary/aromatic N) is 1. The molecule has 0 aromatic rings. The number of quaternary nitrogens is 1. The highest BCUT2D eigenvalue weighted by Gasteiger charge is 2.38. The Labute approximate surface area is 245 Å². The summed E-state index contributed by atoms with van der Waals surface area (Å²) in [5, 5.41) is 28.6. The molecule has 0 aromatic carbocycles. The zero-order valence-corrected chi connectivity index (χ0v) is 26.2. The van der Waals surface area contributed by atoms with Gasteiger partial charge in [0.15, 0.2) is 0 Å². The third-order valence-electron chi connectivity index (χ3n) is 8.15. The van der Waals surface area contributed by atoms with E-state index in [1.807, 2.05) is 0 Å². The first-order valence-corrected chi connectivity index (χ1v) is 16.2. The summed E-state index contributed by atoms with van der Waals surface area (Å²) in [7, 11) is 0. The van der Waals surface area contributed by atoms with Gasteiger partial charge in [-0.25, -0.2) is 0 Å². The fourth-order valence-corrected chi connectivity index (χ4v) is 5.77. The minimum absolute atomic E-state index is 0.227. The van der Waals surface area contributed by atoms with Gasteiger partial charge in [-0.05, 0) is 52.9 Å². The maximum Gasteiger partial charge on any atom is 0.311 e. The second kappa shape index (κ2) is 23.8. The lowest BCUT2D eigenvalue weighted by atomic mass is 10.00. The van der Waals surface area contributed by atoms with Gasteiger partial charge in [-0.2, -0.15) is 0 Å². The molecule has 0 spiro atoms. The summed E-state index contributed by atoms with van der Waals surface area (Å²) in [6.07, 6.45) is 25.7. The van der Waals surface area contributed by atoms with Gasteiger partial charge in [0.2, 0.25) is 0 Å². The van der Waals surface area contributed by atoms with E-state index in [0.717, 1.165) is 25.7 Å². The number of carbonyl (C=O) groups is 3. The molecule has 3 atom stereocenters. The van der Waals surface area contributed by atoms with Gasteiger partial charge in [0.1, 0.15) is 17.8 Å². The number of rotatable bonds is 28. The third-order valence-corrected chi connectivity index (χ3v) is 8.15. The van der Waals surface area contributed by atoms with Crippen LogP contribution >= 0.6 is 0 Å². The zero-order chi connectivity index (χ0) is 30.2. The lowest BCUT2D eigenvalue weighted by Gasteiger charge is -2.42. The Kier molecular flexibility index (Phi) is 22.7. The van der Waals surface area contributed by atoms with Crippen molar-refractivity contribution in [1.82, 2.24) is 0 Å². The second-order valence-corrected chi connectivity index (χ2v) is 12.3. The van der Waals surface area contributed by atoms with E-state index < -0.39 is 35.7 Å². The molecule has 0 radical (unpaired) electrons. The first-order chi connectivity index (χ1) is 19.0. The number of carboxylic acids is 3. The normalized spacial score (nSPS) is 15.5. The van der Waals surface area contributed by atoms with Crippen LogP contribution in [0, 0.1) is 17.8 Å². The number of unbranched alkanes of at least 4 members (excludes halogenated alkanes) is 15. The van der Waals surface area contributed by atoms with Crippen LogP contribution in [0.25, 0.3) is 0 Å². The van der Waals surface area contributed by atoms with Crippen molar-refractivity contribution in [3.8, 4) is 0 Å². The van der Waals surface area contributed by atoms with E-state index in [-0.39, 0.29) is 24.1 Å². The van der Waals surface area contributed by atoms with Crippen LogP contribution in [-0.2, 0) is 14.4 Å². The molecule has 0 amide bonds. The first kappa shape index (κ1) is 38.1. The number of carboxylic acid groups (broad SMARTS) is 3. The largest absolute Gasteiger partial charge is 0.481 e. The Balaban J connectivity index is 4.27. The van der Waals surface area contributed by atoms with Crippen molar-refractivity contribution in [3.63, 3.8) is 0 Å². The molecule has 0 aromatic heterocycles. The molecule has 0 saturated heterocycles. The minimum Gasteiger partial charge on any atom is -0.481 e. The average molecular weight is 569 g/mol. The van der Waals surface area contributed by atoms with E-state index in [2.05, 4.69) is 19.1 Å². The Morgan fingerprint density at radius 3 is 1.12 bits per heavy atom. The molecule has 0 rings (SSSR count). The molecule has 3 unspecified atom stereocenters. The van der Waals surface area contributed by atoms with E-state index in [1.54, 1.807) is 20.8 Å². The van der Waals surface area contributed by atoms with Crippen LogP contribution in [0.5, 0.6) is 0 Å². The molecule has 0 aliphatic heterocycles. The molecule has 40 heavy (non-hydrogen) atoms. The number of hydrogen-bond donors (Lipinski definition) is 3. The summed E-state index contributed by atoms with van der Waals surface area (Å²) in [6, 6.07) is 0. The van der Waals surface area contributed by atoms with Crippen molar-refractivity contribution < 1.29 is 34.2 Å². The summed E-state index contributed by atoms with van der Waals surface area (Å²) >= 11 is 0. The van der Waals surface area contributed by atoms with Crippen LogP contribution in [0.15, 0.2) is 12.2 Å². The van der Waals surface area contributed by atoms with Gasteiger partial charge >= 0.3 is 17.9 Å². The molecule has 3 N–H and O–H groups in total. The van der Waals surface area contributed by atoms with Crippen molar-refractivity contribution in [1.29, 1.82) is 0 Å². The SMILES string of the molecule is CC/C=C/CCCCCCCCCCCCCCCCC[N+](CC(C)C(=O)O)(CC(C)C(=O)O)CC(C)C(=O)O. The number of allylic oxidation sites excluding steroid dienone is 2. The highest BCUT2D eigenvalue weighted by Crippen LogP contribution is 2.22. The van der Waals surface area contributed by atoms with Gasteiger partial charge < -0.3 is 19.8 Å². The van der Waals surface area contributed by atoms with Crippen LogP contribution in [-0.4, -0.2) is 63.9 Å². The first-order valence-electron chi connectivity index (χ1n) is 16.2. The van der Waals surface area contributed by atoms with E-state index in [4.69, 9.17) is 0 Å². The van der Waals surface area contributed by atoms with Gasteiger partial charge in [-0.1, -0.05) is 96.1 Å². The summed E-state index contributed by atoms with van der Waals surface area (Å²) in [4.78, 5) is 34.9. The maximum atomic E-state index is 11.6. The summed E-state index contributed by atoms with van der Waals surface area (Å²) < 4.78 is 0.227. The maximum absolute atomic E-state index is 11.6. The van der Waals surface area contributed by atoms with Crippen molar-refractivity contribution in [2.45, 2.75) is 137 Å². The fourth-order valence-electron chi connectivity index (χ4n) is 5.77. The monoisotopic (exact) mass is 568 g/mol. The molecule has 0 heterocycles. The van der Waals surface area contributed by atoms with E-state index in [9.17, 15) is 29.7 Å². The van der Waals surface area contributed by atoms with Crippen LogP contribution in [0.3, 0.4) is 0 Å². The van der Waals surface area contributed by atoms with Crippen molar-refractivity contribution in [2.75, 3.05) is 26.2 Å². The molecule has 234 valence electrons. The topological polar surface area (TPSA) is 112 Å². The quantitative estimate of drug-likeness (QED) is 0.0498. The smallest absolute Gasteiger partial charge is 0.311 e. The van der Waals surface area contributed by atoms with Crippen molar-refractivity contribution >= 4 is 17.9 Å². The van der Waals surface area contributed by atoms with Crippen LogP contribution in [0.2, 0.25) is 0 Å². The van der Waals surface area contributed by atoms with Gasteiger partial charge in [0, 0.05) is 0 Å². The predicted molar refractivity (Wildman–Crippen MR) is 163 cm³/mol. The van der Waals surface area contributed by atoms with Gasteiger partial charge in [-0.3, -0.25) is 14.4 Å². The Morgan fingerprint density at radius 2 is 0.825 bits per heavy atom. The lowest BCUT2D eigenvalue weighted by molar-refractivity contribution is -0.934. The Morgan fingerprint density at radius 1 is 0.525 bits per heavy atom. The van der Waals surface area contributed by atoms with Gasteiger partial charge in [0.25, 0.3) is 0 Å². The summed E-state index contributed by atoms with van der Waals surface area (Å²) in [5.41, 5.74) is 0. The highest BCUT2D eigenvalue weighted by molar-refractivity contribution is 5.70. The standard InChI is InChI=1S/C33H61NO6/c1-5-6-7-8-9-10-11-12-13-14-15-16-17-18-19-20-21-22-23-24-34(25-28(2)31(35)36,26-29(3)32(37)38)27-30(4)33(39)40/h6-7,28-30H,5,8-27H2,1-4H3,(H2-,35,36,37,38,39,40)/p+1/b7-6+. The highest BCUT2D eigenvalue weighted by atomic mass is 16.4. The molecule has 0 fully saturated rings. The van der Waals surface area contributed by atoms with E-state index in [0.29, 0.717) is 6.54 Å². The zero-order valence-electron chi connectivity index (χ0n) is 26.2. The van der Waals surface area contributed by atoms with Crippen molar-refractivity contribution in [3.05, 3.63) is 12.2 Å². The van der Waals surface area contributed by atoms with Gasteiger partial charge in [-0.15, -0.1) is 0 Å². The van der Waals surface area contributed by atoms with E-state index >= 15 is 0 Å². The predicted octanol–water partition coefficient (Wildman–Crippen LogP) is 8.17. The molecule has 0 bridgehead atoms. The number of aliphatic carboxylic acids is 3. The van der Waals surface area contributed by atoms with Crippen molar-refractivity contribution in [2.24, 2.45) is 17.8 Å². The van der Waals surface area contributed by atoms with Crippen LogP contribution in [0.4, 0.5) is 0 Å². The minimum atomic E-state index is -0.931. The molecule has 0 saturated carbocycles. The third kappa shape index (κ3) is 20.1. The Bertz CT molecular complexity index is 652. The van der Waals surface area contributed by atoms with Gasteiger partial charge in [0.05, 0.1) is 26.2 Å². The van der Waals surface area contributed by atoms with E-state index in [1.165, 1.54) is 83.5 Å². The summed E-state index contributed by atoms with van der Waals surface area (Å²) in [5.74, 6) is -4.79. The summed E-state index contributed by atoms with van der Waals surface area (Å²) in [6.45, 7) is 8.43. The molecule has 7 nitrogen and oxygen atoms in total. The molecule has 7 heteroatoms. The van der Waals surface area contributed by atoms with Crippen LogP contribution in [0.1, 0.15) is 137 Å². The average Bonchev–Trinajstić information content (AvgIpc) is 2.89. The molecule has 0 aliphatic carbocycles. The lowest BCUT2D eigenvalue weighted by Crippen LogP contribution is -2.57. The molecular weight excluding hydrogens is 506 g/mol.